The first-order valence-corrected chi connectivity index (χ1v) is 7.23. The van der Waals surface area contributed by atoms with Crippen molar-refractivity contribution in [2.24, 2.45) is 0 Å². The number of rotatable bonds is 2. The van der Waals surface area contributed by atoms with Crippen LogP contribution in [0.3, 0.4) is 0 Å². The van der Waals surface area contributed by atoms with Crippen LogP contribution in [-0.4, -0.2) is 57.6 Å². The second-order valence-electron chi connectivity index (χ2n) is 5.62. The van der Waals surface area contributed by atoms with Crippen LogP contribution in [0.2, 0.25) is 0 Å². The summed E-state index contributed by atoms with van der Waals surface area (Å²) in [5, 5.41) is 19.4. The van der Waals surface area contributed by atoms with Crippen molar-refractivity contribution >= 4 is 11.8 Å². The highest BCUT2D eigenvalue weighted by Gasteiger charge is 2.44. The number of aromatic carboxylic acids is 1. The highest BCUT2D eigenvalue weighted by Crippen LogP contribution is 2.36. The maximum atomic E-state index is 11.2. The summed E-state index contributed by atoms with van der Waals surface area (Å²) in [6.07, 6.45) is 5.26. The van der Waals surface area contributed by atoms with E-state index in [1.807, 2.05) is 4.90 Å². The van der Waals surface area contributed by atoms with Gasteiger partial charge in [-0.2, -0.15) is 0 Å². The number of carbonyl (C=O) groups is 1. The SMILES string of the molecule is O=C(O)c1cncnc1N1CCC2(CC1)OCCC[C@H]2O. The van der Waals surface area contributed by atoms with Gasteiger partial charge >= 0.3 is 5.97 Å². The average Bonchev–Trinajstić information content (AvgIpc) is 2.51. The number of anilines is 1. The predicted molar refractivity (Wildman–Crippen MR) is 74.4 cm³/mol. The maximum Gasteiger partial charge on any atom is 0.341 e. The van der Waals surface area contributed by atoms with Crippen molar-refractivity contribution in [2.45, 2.75) is 37.4 Å². The van der Waals surface area contributed by atoms with Gasteiger partial charge in [0.2, 0.25) is 0 Å². The second kappa shape index (κ2) is 5.57. The van der Waals surface area contributed by atoms with Crippen molar-refractivity contribution < 1.29 is 19.7 Å². The molecular formula is C14H19N3O4. The van der Waals surface area contributed by atoms with E-state index in [4.69, 9.17) is 4.74 Å². The van der Waals surface area contributed by atoms with Gasteiger partial charge in [-0.05, 0) is 25.7 Å². The van der Waals surface area contributed by atoms with Crippen LogP contribution < -0.4 is 4.90 Å². The van der Waals surface area contributed by atoms with E-state index in [0.29, 0.717) is 38.4 Å². The molecule has 1 spiro atoms. The minimum Gasteiger partial charge on any atom is -0.477 e. The van der Waals surface area contributed by atoms with Crippen LogP contribution in [0, 0.1) is 0 Å². The van der Waals surface area contributed by atoms with Crippen LogP contribution in [0.4, 0.5) is 5.82 Å². The highest BCUT2D eigenvalue weighted by atomic mass is 16.5. The molecule has 7 heteroatoms. The van der Waals surface area contributed by atoms with E-state index in [0.717, 1.165) is 12.8 Å². The van der Waals surface area contributed by atoms with Crippen LogP contribution in [0.1, 0.15) is 36.0 Å². The van der Waals surface area contributed by atoms with Crippen molar-refractivity contribution in [3.05, 3.63) is 18.1 Å². The standard InChI is InChI=1S/C14H19N3O4/c18-11-2-1-7-21-14(11)3-5-17(6-4-14)12-10(13(19)20)8-15-9-16-12/h8-9,11,18H,1-7H2,(H,19,20)/t11-/m1/s1. The van der Waals surface area contributed by atoms with Gasteiger partial charge in [0.15, 0.2) is 0 Å². The molecule has 0 radical (unpaired) electrons. The fourth-order valence-electron chi connectivity index (χ4n) is 3.21. The topological polar surface area (TPSA) is 95.8 Å². The van der Waals surface area contributed by atoms with Gasteiger partial charge in [0.1, 0.15) is 17.7 Å². The average molecular weight is 293 g/mol. The van der Waals surface area contributed by atoms with Crippen LogP contribution in [0.15, 0.2) is 12.5 Å². The summed E-state index contributed by atoms with van der Waals surface area (Å²) in [7, 11) is 0. The Morgan fingerprint density at radius 1 is 1.43 bits per heavy atom. The first kappa shape index (κ1) is 14.2. The first-order chi connectivity index (χ1) is 10.1. The molecule has 1 atom stereocenters. The molecule has 2 N–H and O–H groups in total. The molecule has 1 aromatic heterocycles. The summed E-state index contributed by atoms with van der Waals surface area (Å²) in [5.74, 6) is -0.586. The molecule has 0 aliphatic carbocycles. The van der Waals surface area contributed by atoms with Gasteiger partial charge in [0, 0.05) is 25.9 Å². The zero-order chi connectivity index (χ0) is 14.9. The Morgan fingerprint density at radius 3 is 2.86 bits per heavy atom. The van der Waals surface area contributed by atoms with E-state index >= 15 is 0 Å². The predicted octanol–water partition coefficient (Wildman–Crippen LogP) is 0.685. The quantitative estimate of drug-likeness (QED) is 0.828. The molecule has 3 heterocycles. The normalized spacial score (nSPS) is 25.0. The van der Waals surface area contributed by atoms with Crippen molar-refractivity contribution in [2.75, 3.05) is 24.6 Å². The molecule has 2 saturated heterocycles. The number of hydrogen-bond acceptors (Lipinski definition) is 6. The lowest BCUT2D eigenvalue weighted by atomic mass is 9.82. The zero-order valence-electron chi connectivity index (χ0n) is 11.7. The minimum atomic E-state index is -1.03. The van der Waals surface area contributed by atoms with Gasteiger partial charge in [-0.3, -0.25) is 0 Å². The number of aromatic nitrogens is 2. The highest BCUT2D eigenvalue weighted by molar-refractivity contribution is 5.92. The van der Waals surface area contributed by atoms with E-state index in [1.54, 1.807) is 0 Å². The molecule has 2 aliphatic heterocycles. The van der Waals surface area contributed by atoms with Gasteiger partial charge in [0.05, 0.1) is 11.7 Å². The van der Waals surface area contributed by atoms with Crippen molar-refractivity contribution in [1.29, 1.82) is 0 Å². The van der Waals surface area contributed by atoms with Crippen LogP contribution in [0.25, 0.3) is 0 Å². The van der Waals surface area contributed by atoms with Crippen LogP contribution in [0.5, 0.6) is 0 Å². The number of aliphatic hydroxyl groups excluding tert-OH is 1. The molecule has 2 fully saturated rings. The zero-order valence-corrected chi connectivity index (χ0v) is 11.7. The molecule has 21 heavy (non-hydrogen) atoms. The fourth-order valence-corrected chi connectivity index (χ4v) is 3.21. The Morgan fingerprint density at radius 2 is 2.19 bits per heavy atom. The molecule has 7 nitrogen and oxygen atoms in total. The molecule has 0 unspecified atom stereocenters. The third-order valence-corrected chi connectivity index (χ3v) is 4.45. The van der Waals surface area contributed by atoms with Crippen LogP contribution in [-0.2, 0) is 4.74 Å². The van der Waals surface area contributed by atoms with Gasteiger partial charge in [-0.25, -0.2) is 14.8 Å². The third-order valence-electron chi connectivity index (χ3n) is 4.45. The Balaban J connectivity index is 1.76. The number of hydrogen-bond donors (Lipinski definition) is 2. The van der Waals surface area contributed by atoms with Crippen molar-refractivity contribution in [3.63, 3.8) is 0 Å². The maximum absolute atomic E-state index is 11.2. The molecular weight excluding hydrogens is 274 g/mol. The van der Waals surface area contributed by atoms with E-state index < -0.39 is 17.7 Å². The van der Waals surface area contributed by atoms with Gasteiger partial charge in [0.25, 0.3) is 0 Å². The van der Waals surface area contributed by atoms with Crippen molar-refractivity contribution in [3.8, 4) is 0 Å². The number of aliphatic hydroxyl groups is 1. The lowest BCUT2D eigenvalue weighted by molar-refractivity contribution is -0.164. The van der Waals surface area contributed by atoms with Gasteiger partial charge < -0.3 is 19.8 Å². The smallest absolute Gasteiger partial charge is 0.341 e. The summed E-state index contributed by atoms with van der Waals surface area (Å²) in [6, 6.07) is 0. The largest absolute Gasteiger partial charge is 0.477 e. The van der Waals surface area contributed by atoms with Crippen molar-refractivity contribution in [1.82, 2.24) is 9.97 Å². The van der Waals surface area contributed by atoms with E-state index in [2.05, 4.69) is 9.97 Å². The fraction of sp³-hybridized carbons (Fsp3) is 0.643. The van der Waals surface area contributed by atoms with E-state index in [9.17, 15) is 15.0 Å². The number of nitrogens with zero attached hydrogens (tertiary/aromatic N) is 3. The Labute approximate surface area is 122 Å². The van der Waals surface area contributed by atoms with Gasteiger partial charge in [-0.1, -0.05) is 0 Å². The lowest BCUT2D eigenvalue weighted by Crippen LogP contribution is -2.55. The van der Waals surface area contributed by atoms with Gasteiger partial charge in [-0.15, -0.1) is 0 Å². The number of carboxylic acid groups (broad SMARTS) is 1. The second-order valence-corrected chi connectivity index (χ2v) is 5.62. The molecule has 0 saturated carbocycles. The number of ether oxygens (including phenoxy) is 1. The summed E-state index contributed by atoms with van der Waals surface area (Å²) < 4.78 is 5.85. The summed E-state index contributed by atoms with van der Waals surface area (Å²) in [6.45, 7) is 1.92. The molecule has 0 bridgehead atoms. The number of piperidine rings is 1. The summed E-state index contributed by atoms with van der Waals surface area (Å²) >= 11 is 0. The summed E-state index contributed by atoms with van der Waals surface area (Å²) in [4.78, 5) is 21.1. The minimum absolute atomic E-state index is 0.110. The Kier molecular flexibility index (Phi) is 3.77. The molecule has 0 amide bonds. The molecule has 114 valence electrons. The monoisotopic (exact) mass is 293 g/mol. The number of carboxylic acids is 1. The van der Waals surface area contributed by atoms with E-state index in [1.165, 1.54) is 12.5 Å². The lowest BCUT2D eigenvalue weighted by Gasteiger charge is -2.47. The van der Waals surface area contributed by atoms with E-state index in [-0.39, 0.29) is 5.56 Å². The molecule has 3 rings (SSSR count). The molecule has 2 aliphatic rings. The Bertz CT molecular complexity index is 529. The molecule has 1 aromatic rings. The first-order valence-electron chi connectivity index (χ1n) is 7.23. The van der Waals surface area contributed by atoms with Crippen LogP contribution >= 0.6 is 0 Å². The third kappa shape index (κ3) is 2.58. The summed E-state index contributed by atoms with van der Waals surface area (Å²) in [5.41, 5.74) is -0.357. The molecule has 0 aromatic carbocycles. The Hall–Kier alpha value is -1.73.